The van der Waals surface area contributed by atoms with Gasteiger partial charge in [0.25, 0.3) is 11.8 Å². The van der Waals surface area contributed by atoms with Crippen molar-refractivity contribution in [1.29, 1.82) is 0 Å². The van der Waals surface area contributed by atoms with Crippen LogP contribution in [0, 0.1) is 0 Å². The van der Waals surface area contributed by atoms with Crippen LogP contribution < -0.4 is 0 Å². The highest BCUT2D eigenvalue weighted by atomic mass is 16.2. The lowest BCUT2D eigenvalue weighted by Crippen LogP contribution is -2.43. The molecule has 0 atom stereocenters. The first kappa shape index (κ1) is 20.8. The lowest BCUT2D eigenvalue weighted by Gasteiger charge is -2.27. The summed E-state index contributed by atoms with van der Waals surface area (Å²) in [6.45, 7) is 2.49. The molecule has 7 heteroatoms. The molecule has 2 aliphatic heterocycles. The summed E-state index contributed by atoms with van der Waals surface area (Å²) in [5, 5.41) is 5.79. The van der Waals surface area contributed by atoms with Crippen LogP contribution in [-0.2, 0) is 16.1 Å². The Labute approximate surface area is 181 Å². The predicted octanol–water partition coefficient (Wildman–Crippen LogP) is 2.54. The Morgan fingerprint density at radius 1 is 0.774 bits per heavy atom. The van der Waals surface area contributed by atoms with E-state index in [2.05, 4.69) is 5.10 Å². The van der Waals surface area contributed by atoms with Crippen LogP contribution in [-0.4, -0.2) is 64.4 Å². The summed E-state index contributed by atoms with van der Waals surface area (Å²) in [6, 6.07) is 18.8. The fourth-order valence-electron chi connectivity index (χ4n) is 3.90. The topological polar surface area (TPSA) is 73.3 Å². The van der Waals surface area contributed by atoms with Crippen molar-refractivity contribution >= 4 is 23.4 Å². The van der Waals surface area contributed by atoms with Gasteiger partial charge in [-0.2, -0.15) is 5.10 Å². The zero-order valence-electron chi connectivity index (χ0n) is 17.4. The van der Waals surface area contributed by atoms with Crippen molar-refractivity contribution in [2.24, 2.45) is 5.10 Å². The van der Waals surface area contributed by atoms with Gasteiger partial charge in [-0.1, -0.05) is 48.5 Å². The average molecular weight is 418 g/mol. The molecule has 0 saturated carbocycles. The fourth-order valence-corrected chi connectivity index (χ4v) is 3.90. The normalized spacial score (nSPS) is 17.2. The first-order chi connectivity index (χ1) is 15.1. The van der Waals surface area contributed by atoms with Crippen molar-refractivity contribution in [3.63, 3.8) is 0 Å². The van der Waals surface area contributed by atoms with Crippen molar-refractivity contribution in [2.45, 2.75) is 25.8 Å². The minimum absolute atomic E-state index is 0.00969. The van der Waals surface area contributed by atoms with Crippen molar-refractivity contribution in [3.8, 4) is 0 Å². The van der Waals surface area contributed by atoms with Gasteiger partial charge in [0.2, 0.25) is 5.91 Å². The summed E-state index contributed by atoms with van der Waals surface area (Å²) in [5.74, 6) is -0.222. The van der Waals surface area contributed by atoms with Gasteiger partial charge in [-0.05, 0) is 24.1 Å². The number of hydrogen-bond acceptors (Lipinski definition) is 4. The highest BCUT2D eigenvalue weighted by molar-refractivity contribution is 6.39. The van der Waals surface area contributed by atoms with Crippen LogP contribution in [0.4, 0.5) is 0 Å². The number of rotatable bonds is 4. The Morgan fingerprint density at radius 3 is 2.06 bits per heavy atom. The second-order valence-corrected chi connectivity index (χ2v) is 7.79. The molecule has 1 saturated heterocycles. The predicted molar refractivity (Wildman–Crippen MR) is 117 cm³/mol. The largest absolute Gasteiger partial charge is 0.337 e. The van der Waals surface area contributed by atoms with Crippen molar-refractivity contribution < 1.29 is 14.4 Å². The summed E-state index contributed by atoms with van der Waals surface area (Å²) in [7, 11) is 0. The molecule has 0 aromatic heterocycles. The number of amides is 3. The van der Waals surface area contributed by atoms with E-state index in [0.717, 1.165) is 5.56 Å². The van der Waals surface area contributed by atoms with E-state index in [4.69, 9.17) is 0 Å². The minimum Gasteiger partial charge on any atom is -0.337 e. The van der Waals surface area contributed by atoms with Gasteiger partial charge in [-0.15, -0.1) is 0 Å². The van der Waals surface area contributed by atoms with Gasteiger partial charge in [-0.3, -0.25) is 14.4 Å². The molecule has 7 nitrogen and oxygen atoms in total. The number of carbonyl (C=O) groups is 3. The van der Waals surface area contributed by atoms with Crippen molar-refractivity contribution in [1.82, 2.24) is 14.8 Å². The number of nitrogens with zero attached hydrogens (tertiary/aromatic N) is 4. The molecular formula is C24H26N4O3. The number of benzene rings is 2. The zero-order valence-corrected chi connectivity index (χ0v) is 17.4. The Balaban J connectivity index is 1.41. The molecule has 160 valence electrons. The quantitative estimate of drug-likeness (QED) is 0.766. The van der Waals surface area contributed by atoms with Gasteiger partial charge in [-0.25, -0.2) is 5.01 Å². The molecule has 0 aliphatic carbocycles. The second kappa shape index (κ2) is 9.55. The van der Waals surface area contributed by atoms with Crippen LogP contribution in [0.5, 0.6) is 0 Å². The molecule has 1 fully saturated rings. The lowest BCUT2D eigenvalue weighted by molar-refractivity contribution is -0.132. The Morgan fingerprint density at radius 2 is 1.39 bits per heavy atom. The molecule has 31 heavy (non-hydrogen) atoms. The van der Waals surface area contributed by atoms with Crippen LogP contribution in [0.3, 0.4) is 0 Å². The molecule has 2 aromatic rings. The van der Waals surface area contributed by atoms with Crippen molar-refractivity contribution in [2.75, 3.05) is 26.2 Å². The summed E-state index contributed by atoms with van der Waals surface area (Å²) < 4.78 is 0. The van der Waals surface area contributed by atoms with Gasteiger partial charge in [0.1, 0.15) is 5.71 Å². The van der Waals surface area contributed by atoms with Gasteiger partial charge in [0, 0.05) is 44.6 Å². The lowest BCUT2D eigenvalue weighted by atomic mass is 10.1. The maximum atomic E-state index is 13.1. The zero-order chi connectivity index (χ0) is 21.6. The molecule has 3 amide bonds. The Bertz CT molecular complexity index is 975. The maximum Gasteiger partial charge on any atom is 0.270 e. The Kier molecular flexibility index (Phi) is 6.40. The second-order valence-electron chi connectivity index (χ2n) is 7.79. The van der Waals surface area contributed by atoms with Gasteiger partial charge in [0.15, 0.2) is 0 Å². The van der Waals surface area contributed by atoms with E-state index in [-0.39, 0.29) is 24.1 Å². The number of hydrazone groups is 1. The van der Waals surface area contributed by atoms with Gasteiger partial charge < -0.3 is 9.80 Å². The standard InChI is InChI=1S/C24H26N4O3/c29-22-13-12-21(25-28(22)18-19-8-3-1-4-9-19)24(31)27-15-7-14-26(16-17-27)23(30)20-10-5-2-6-11-20/h1-6,8-11H,7,12-18H2. The molecule has 0 radical (unpaired) electrons. The van der Waals surface area contributed by atoms with Crippen LogP contribution in [0.15, 0.2) is 65.8 Å². The first-order valence-corrected chi connectivity index (χ1v) is 10.7. The molecular weight excluding hydrogens is 392 g/mol. The SMILES string of the molecule is O=C(C1=NN(Cc2ccccc2)C(=O)CC1)N1CCCN(C(=O)c2ccccc2)CC1. The molecule has 0 N–H and O–H groups in total. The number of carbonyl (C=O) groups excluding carboxylic acids is 3. The smallest absolute Gasteiger partial charge is 0.270 e. The minimum atomic E-state index is -0.139. The Hall–Kier alpha value is -3.48. The molecule has 2 heterocycles. The summed E-state index contributed by atoms with van der Waals surface area (Å²) >= 11 is 0. The van der Waals surface area contributed by atoms with Crippen LogP contribution >= 0.6 is 0 Å². The third kappa shape index (κ3) is 4.99. The highest BCUT2D eigenvalue weighted by Gasteiger charge is 2.29. The van der Waals surface area contributed by atoms with E-state index in [1.54, 1.807) is 9.80 Å². The molecule has 2 aliphatic rings. The van der Waals surface area contributed by atoms with Crippen LogP contribution in [0.2, 0.25) is 0 Å². The molecule has 0 bridgehead atoms. The third-order valence-electron chi connectivity index (χ3n) is 5.62. The third-order valence-corrected chi connectivity index (χ3v) is 5.62. The van der Waals surface area contributed by atoms with Crippen LogP contribution in [0.1, 0.15) is 35.2 Å². The van der Waals surface area contributed by atoms with Crippen LogP contribution in [0.25, 0.3) is 0 Å². The molecule has 0 spiro atoms. The van der Waals surface area contributed by atoms with E-state index in [1.165, 1.54) is 5.01 Å². The molecule has 4 rings (SSSR count). The highest BCUT2D eigenvalue weighted by Crippen LogP contribution is 2.16. The monoisotopic (exact) mass is 418 g/mol. The van der Waals surface area contributed by atoms with Crippen molar-refractivity contribution in [3.05, 3.63) is 71.8 Å². The van der Waals surface area contributed by atoms with E-state index < -0.39 is 0 Å². The molecule has 0 unspecified atom stereocenters. The first-order valence-electron chi connectivity index (χ1n) is 10.7. The molecule has 2 aromatic carbocycles. The van der Waals surface area contributed by atoms with E-state index >= 15 is 0 Å². The fraction of sp³-hybridized carbons (Fsp3) is 0.333. The average Bonchev–Trinajstić information content (AvgIpc) is 3.07. The summed E-state index contributed by atoms with van der Waals surface area (Å²) in [6.07, 6.45) is 1.35. The maximum absolute atomic E-state index is 13.1. The van der Waals surface area contributed by atoms with E-state index in [0.29, 0.717) is 56.8 Å². The van der Waals surface area contributed by atoms with Gasteiger partial charge >= 0.3 is 0 Å². The summed E-state index contributed by atoms with van der Waals surface area (Å²) in [4.78, 5) is 41.7. The number of hydrogen-bond donors (Lipinski definition) is 0. The van der Waals surface area contributed by atoms with Gasteiger partial charge in [0.05, 0.1) is 6.54 Å². The van der Waals surface area contributed by atoms with E-state index in [9.17, 15) is 14.4 Å². The van der Waals surface area contributed by atoms with E-state index in [1.807, 2.05) is 60.7 Å². The summed E-state index contributed by atoms with van der Waals surface area (Å²) in [5.41, 5.74) is 2.05.